The predicted octanol–water partition coefficient (Wildman–Crippen LogP) is 6.58. The predicted molar refractivity (Wildman–Crippen MR) is 137 cm³/mol. The number of hydrogen-bond donors (Lipinski definition) is 1. The Hall–Kier alpha value is -3.55. The maximum Gasteiger partial charge on any atom is 0.294 e. The monoisotopic (exact) mass is 486 g/mol. The van der Waals surface area contributed by atoms with Gasteiger partial charge in [-0.25, -0.2) is 4.98 Å². The molecule has 0 saturated heterocycles. The number of thiophene rings is 1. The number of aliphatic hydroxyl groups is 1. The summed E-state index contributed by atoms with van der Waals surface area (Å²) in [6.07, 6.45) is 0. The lowest BCUT2D eigenvalue weighted by atomic mass is 9.99. The summed E-state index contributed by atoms with van der Waals surface area (Å²) in [5.41, 5.74) is 4.24. The van der Waals surface area contributed by atoms with Crippen molar-refractivity contribution >= 4 is 40.1 Å². The molecule has 170 valence electrons. The second kappa shape index (κ2) is 8.66. The molecule has 2 aromatic carbocycles. The van der Waals surface area contributed by atoms with Crippen LogP contribution in [0.15, 0.2) is 77.4 Å². The zero-order valence-corrected chi connectivity index (χ0v) is 20.5. The van der Waals surface area contributed by atoms with E-state index in [1.54, 1.807) is 6.92 Å². The molecular formula is C27H22N2O3S2. The van der Waals surface area contributed by atoms with Gasteiger partial charge in [0, 0.05) is 16.1 Å². The van der Waals surface area contributed by atoms with Crippen molar-refractivity contribution in [2.45, 2.75) is 26.8 Å². The normalized spacial score (nSPS) is 15.9. The maximum absolute atomic E-state index is 13.9. The summed E-state index contributed by atoms with van der Waals surface area (Å²) in [7, 11) is 0. The number of amides is 1. The summed E-state index contributed by atoms with van der Waals surface area (Å²) in [6.45, 7) is 5.71. The molecule has 0 bridgehead atoms. The van der Waals surface area contributed by atoms with Gasteiger partial charge in [0.1, 0.15) is 11.0 Å². The average molecular weight is 487 g/mol. The maximum atomic E-state index is 13.9. The second-order valence-corrected chi connectivity index (χ2v) is 10.3. The molecule has 1 unspecified atom stereocenters. The fourth-order valence-electron chi connectivity index (χ4n) is 4.34. The van der Waals surface area contributed by atoms with Gasteiger partial charge >= 0.3 is 0 Å². The third-order valence-electron chi connectivity index (χ3n) is 5.77. The highest BCUT2D eigenvalue weighted by Crippen LogP contribution is 2.44. The first-order valence-electron chi connectivity index (χ1n) is 10.8. The number of aliphatic hydroxyl groups excluding tert-OH is 1. The van der Waals surface area contributed by atoms with Crippen molar-refractivity contribution in [2.24, 2.45) is 0 Å². The second-order valence-electron chi connectivity index (χ2n) is 8.33. The van der Waals surface area contributed by atoms with Gasteiger partial charge in [-0.3, -0.25) is 14.5 Å². The molecule has 1 amide bonds. The lowest BCUT2D eigenvalue weighted by Gasteiger charge is -2.26. The number of nitrogens with zero attached hydrogens (tertiary/aromatic N) is 2. The topological polar surface area (TPSA) is 70.5 Å². The van der Waals surface area contributed by atoms with Crippen molar-refractivity contribution in [3.63, 3.8) is 0 Å². The van der Waals surface area contributed by atoms with E-state index in [9.17, 15) is 14.7 Å². The number of rotatable bonds is 5. The number of ketones is 1. The summed E-state index contributed by atoms with van der Waals surface area (Å²) in [5, 5.41) is 13.6. The Morgan fingerprint density at radius 1 is 1.00 bits per heavy atom. The Balaban J connectivity index is 1.62. The molecule has 1 N–H and O–H groups in total. The Morgan fingerprint density at radius 3 is 2.35 bits per heavy atom. The highest BCUT2D eigenvalue weighted by atomic mass is 32.1. The van der Waals surface area contributed by atoms with Crippen molar-refractivity contribution in [1.82, 2.24) is 4.98 Å². The number of carbonyl (C=O) groups is 2. The molecule has 0 radical (unpaired) electrons. The first-order chi connectivity index (χ1) is 16.3. The molecule has 7 heteroatoms. The summed E-state index contributed by atoms with van der Waals surface area (Å²) < 4.78 is 0. The van der Waals surface area contributed by atoms with E-state index >= 15 is 0 Å². The van der Waals surface area contributed by atoms with E-state index in [1.807, 2.05) is 79.9 Å². The molecule has 3 heterocycles. The van der Waals surface area contributed by atoms with Crippen molar-refractivity contribution in [2.75, 3.05) is 4.90 Å². The van der Waals surface area contributed by atoms with Crippen LogP contribution in [0.1, 0.15) is 37.4 Å². The van der Waals surface area contributed by atoms with Crippen molar-refractivity contribution in [3.05, 3.63) is 104 Å². The highest BCUT2D eigenvalue weighted by Gasteiger charge is 2.46. The van der Waals surface area contributed by atoms with Gasteiger partial charge in [0.15, 0.2) is 5.76 Å². The van der Waals surface area contributed by atoms with Crippen LogP contribution in [0, 0.1) is 20.8 Å². The van der Waals surface area contributed by atoms with Crippen molar-refractivity contribution in [1.29, 1.82) is 0 Å². The molecule has 2 aromatic heterocycles. The van der Waals surface area contributed by atoms with E-state index in [0.29, 0.717) is 16.3 Å². The molecule has 0 aliphatic carbocycles. The average Bonchev–Trinajstić information content (AvgIpc) is 3.53. The molecule has 34 heavy (non-hydrogen) atoms. The van der Waals surface area contributed by atoms with Crippen molar-refractivity contribution < 1.29 is 14.7 Å². The first kappa shape index (κ1) is 22.3. The molecule has 5 nitrogen and oxygen atoms in total. The van der Waals surface area contributed by atoms with Crippen LogP contribution in [-0.4, -0.2) is 21.8 Å². The molecule has 0 fully saturated rings. The molecular weight excluding hydrogens is 464 g/mol. The smallest absolute Gasteiger partial charge is 0.294 e. The number of thiazole rings is 1. The molecule has 4 aromatic rings. The minimum atomic E-state index is -0.706. The van der Waals surface area contributed by atoms with Crippen LogP contribution in [0.2, 0.25) is 0 Å². The molecule has 1 aliphatic rings. The lowest BCUT2D eigenvalue weighted by Crippen LogP contribution is -2.30. The Kier molecular flexibility index (Phi) is 5.67. The first-order valence-corrected chi connectivity index (χ1v) is 12.5. The third-order valence-corrected chi connectivity index (χ3v) is 7.90. The number of anilines is 1. The van der Waals surface area contributed by atoms with Crippen LogP contribution in [0.5, 0.6) is 0 Å². The van der Waals surface area contributed by atoms with E-state index in [-0.39, 0.29) is 11.4 Å². The van der Waals surface area contributed by atoms with Gasteiger partial charge in [-0.2, -0.15) is 0 Å². The highest BCUT2D eigenvalue weighted by molar-refractivity contribution is 7.17. The summed E-state index contributed by atoms with van der Waals surface area (Å²) in [4.78, 5) is 34.6. The van der Waals surface area contributed by atoms with Crippen molar-refractivity contribution in [3.8, 4) is 10.6 Å². The quantitative estimate of drug-likeness (QED) is 0.324. The van der Waals surface area contributed by atoms with E-state index < -0.39 is 17.7 Å². The number of benzene rings is 2. The third kappa shape index (κ3) is 3.77. The van der Waals surface area contributed by atoms with Crippen LogP contribution >= 0.6 is 22.7 Å². The molecule has 0 spiro atoms. The van der Waals surface area contributed by atoms with Gasteiger partial charge in [0.05, 0.1) is 16.1 Å². The van der Waals surface area contributed by atoms with E-state index in [0.717, 1.165) is 26.6 Å². The van der Waals surface area contributed by atoms with Crippen LogP contribution in [-0.2, 0) is 4.79 Å². The Labute approximate surface area is 205 Å². The zero-order valence-electron chi connectivity index (χ0n) is 18.9. The van der Waals surface area contributed by atoms with Gasteiger partial charge in [-0.15, -0.1) is 22.7 Å². The van der Waals surface area contributed by atoms with Gasteiger partial charge in [0.25, 0.3) is 5.91 Å². The largest absolute Gasteiger partial charge is 0.503 e. The summed E-state index contributed by atoms with van der Waals surface area (Å²) in [5.74, 6) is -1.44. The van der Waals surface area contributed by atoms with Gasteiger partial charge in [-0.1, -0.05) is 42.5 Å². The minimum Gasteiger partial charge on any atom is -0.503 e. The molecule has 0 saturated carbocycles. The zero-order chi connectivity index (χ0) is 24.0. The van der Waals surface area contributed by atoms with E-state index in [1.165, 1.54) is 27.6 Å². The molecule has 1 atom stereocenters. The SMILES string of the molecule is Cc1cc(C)cc(N2C(=O)C(O)=C(C(=O)c3sc(-c4ccccc4)nc3C)C2c2cccs2)c1. The minimum absolute atomic E-state index is 0.0953. The standard InChI is InChI=1S/C27H22N2O3S2/c1-15-12-16(2)14-19(13-15)29-22(20-10-7-11-33-20)21(24(31)27(29)32)23(30)25-17(3)28-26(34-25)18-8-5-4-6-9-18/h4-14,22,31H,1-3H3. The van der Waals surface area contributed by atoms with Gasteiger partial charge < -0.3 is 5.11 Å². The Bertz CT molecular complexity index is 1420. The molecule has 5 rings (SSSR count). The summed E-state index contributed by atoms with van der Waals surface area (Å²) >= 11 is 2.73. The number of hydrogen-bond acceptors (Lipinski definition) is 6. The fourth-order valence-corrected chi connectivity index (χ4v) is 6.19. The molecule has 1 aliphatic heterocycles. The van der Waals surface area contributed by atoms with E-state index in [2.05, 4.69) is 4.98 Å². The van der Waals surface area contributed by atoms with Crippen LogP contribution < -0.4 is 4.90 Å². The Morgan fingerprint density at radius 2 is 1.71 bits per heavy atom. The lowest BCUT2D eigenvalue weighted by molar-refractivity contribution is -0.117. The number of aromatic nitrogens is 1. The number of Topliss-reactive ketones (excluding diaryl/α,β-unsaturated/α-hetero) is 1. The van der Waals surface area contributed by atoms with Crippen LogP contribution in [0.4, 0.5) is 5.69 Å². The van der Waals surface area contributed by atoms with Gasteiger partial charge in [0.2, 0.25) is 5.78 Å². The summed E-state index contributed by atoms with van der Waals surface area (Å²) in [6, 6.07) is 18.5. The van der Waals surface area contributed by atoms with Crippen LogP contribution in [0.3, 0.4) is 0 Å². The number of carbonyl (C=O) groups excluding carboxylic acids is 2. The fraction of sp³-hybridized carbons (Fsp3) is 0.148. The number of aryl methyl sites for hydroxylation is 3. The van der Waals surface area contributed by atoms with E-state index in [4.69, 9.17) is 0 Å². The van der Waals surface area contributed by atoms with Crippen LogP contribution in [0.25, 0.3) is 10.6 Å². The van der Waals surface area contributed by atoms with Gasteiger partial charge in [-0.05, 0) is 55.5 Å².